The minimum atomic E-state index is 0.194. The summed E-state index contributed by atoms with van der Waals surface area (Å²) >= 11 is 1.63. The van der Waals surface area contributed by atoms with Crippen LogP contribution in [0.3, 0.4) is 0 Å². The van der Waals surface area contributed by atoms with Gasteiger partial charge in [0.15, 0.2) is 0 Å². The van der Waals surface area contributed by atoms with E-state index in [1.54, 1.807) is 17.7 Å². The van der Waals surface area contributed by atoms with Gasteiger partial charge in [0.25, 0.3) is 0 Å². The van der Waals surface area contributed by atoms with Crippen LogP contribution in [0.15, 0.2) is 60.2 Å². The molecule has 1 fully saturated rings. The van der Waals surface area contributed by atoms with Gasteiger partial charge in [0.1, 0.15) is 17.0 Å². The van der Waals surface area contributed by atoms with Crippen molar-refractivity contribution in [2.45, 2.75) is 6.42 Å². The quantitative estimate of drug-likeness (QED) is 0.537. The third-order valence-electron chi connectivity index (χ3n) is 5.39. The number of fused-ring (bicyclic) bond motifs is 2. The Morgan fingerprint density at radius 1 is 0.929 bits per heavy atom. The summed E-state index contributed by atoms with van der Waals surface area (Å²) in [7, 11) is 0. The molecule has 28 heavy (non-hydrogen) atoms. The van der Waals surface area contributed by atoms with Crippen molar-refractivity contribution in [2.75, 3.05) is 31.1 Å². The summed E-state index contributed by atoms with van der Waals surface area (Å²) in [4.78, 5) is 27.0. The Hall–Kier alpha value is -2.99. The van der Waals surface area contributed by atoms with E-state index in [2.05, 4.69) is 45.2 Å². The van der Waals surface area contributed by atoms with E-state index < -0.39 is 0 Å². The Morgan fingerprint density at radius 2 is 1.75 bits per heavy atom. The van der Waals surface area contributed by atoms with Crippen molar-refractivity contribution in [3.05, 3.63) is 65.8 Å². The predicted molar refractivity (Wildman–Crippen MR) is 114 cm³/mol. The van der Waals surface area contributed by atoms with Gasteiger partial charge in [-0.2, -0.15) is 0 Å². The highest BCUT2D eigenvalue weighted by atomic mass is 32.1. The molecule has 2 aromatic carbocycles. The van der Waals surface area contributed by atoms with E-state index in [1.165, 1.54) is 5.39 Å². The molecule has 0 N–H and O–H groups in total. The van der Waals surface area contributed by atoms with Crippen molar-refractivity contribution in [2.24, 2.45) is 0 Å². The second kappa shape index (κ2) is 7.20. The van der Waals surface area contributed by atoms with E-state index in [4.69, 9.17) is 0 Å². The van der Waals surface area contributed by atoms with Gasteiger partial charge in [0.2, 0.25) is 5.91 Å². The SMILES string of the molecule is O=C(Cc1cccc2ccccc12)N1CCN(c2ncnc3sccc23)CC1. The number of carbonyl (C=O) groups is 1. The number of thiophene rings is 1. The number of anilines is 1. The van der Waals surface area contributed by atoms with E-state index >= 15 is 0 Å². The molecule has 1 aliphatic rings. The van der Waals surface area contributed by atoms with Gasteiger partial charge in [-0.05, 0) is 27.8 Å². The summed E-state index contributed by atoms with van der Waals surface area (Å²) in [6, 6.07) is 16.5. The first-order valence-electron chi connectivity index (χ1n) is 9.47. The molecule has 4 aromatic rings. The monoisotopic (exact) mass is 388 g/mol. The molecule has 0 unspecified atom stereocenters. The lowest BCUT2D eigenvalue weighted by Crippen LogP contribution is -2.49. The zero-order chi connectivity index (χ0) is 18.9. The van der Waals surface area contributed by atoms with Crippen LogP contribution < -0.4 is 4.90 Å². The van der Waals surface area contributed by atoms with E-state index in [0.717, 1.165) is 53.2 Å². The van der Waals surface area contributed by atoms with Crippen LogP contribution in [0.5, 0.6) is 0 Å². The number of piperazine rings is 1. The minimum absolute atomic E-state index is 0.194. The Labute approximate surface area is 167 Å². The lowest BCUT2D eigenvalue weighted by atomic mass is 10.0. The van der Waals surface area contributed by atoms with Gasteiger partial charge in [0.05, 0.1) is 11.8 Å². The number of amides is 1. The molecule has 0 spiro atoms. The predicted octanol–water partition coefficient (Wildman–Crippen LogP) is 3.74. The molecule has 5 nitrogen and oxygen atoms in total. The zero-order valence-corrected chi connectivity index (χ0v) is 16.2. The normalized spacial score (nSPS) is 14.7. The van der Waals surface area contributed by atoms with Crippen molar-refractivity contribution in [1.82, 2.24) is 14.9 Å². The Morgan fingerprint density at radius 3 is 2.64 bits per heavy atom. The largest absolute Gasteiger partial charge is 0.352 e. The third kappa shape index (κ3) is 3.10. The average Bonchev–Trinajstić information content (AvgIpc) is 3.23. The lowest BCUT2D eigenvalue weighted by Gasteiger charge is -2.35. The summed E-state index contributed by atoms with van der Waals surface area (Å²) in [6.07, 6.45) is 2.08. The molecule has 0 aliphatic carbocycles. The molecule has 6 heteroatoms. The fourth-order valence-electron chi connectivity index (χ4n) is 3.92. The molecule has 5 rings (SSSR count). The number of hydrogen-bond acceptors (Lipinski definition) is 5. The average molecular weight is 388 g/mol. The van der Waals surface area contributed by atoms with Crippen molar-refractivity contribution >= 4 is 44.1 Å². The summed E-state index contributed by atoms with van der Waals surface area (Å²) in [5, 5.41) is 5.49. The van der Waals surface area contributed by atoms with Crippen LogP contribution in [0.1, 0.15) is 5.56 Å². The van der Waals surface area contributed by atoms with E-state index in [0.29, 0.717) is 6.42 Å². The maximum atomic E-state index is 12.9. The summed E-state index contributed by atoms with van der Waals surface area (Å²) in [5.74, 6) is 1.17. The molecule has 0 radical (unpaired) electrons. The fourth-order valence-corrected chi connectivity index (χ4v) is 4.65. The molecule has 140 valence electrons. The topological polar surface area (TPSA) is 49.3 Å². The molecule has 3 heterocycles. The standard InChI is InChI=1S/C22H20N4OS/c27-20(14-17-6-3-5-16-4-1-2-7-18(16)17)25-9-11-26(12-10-25)21-19-8-13-28-22(19)24-15-23-21/h1-8,13,15H,9-12,14H2. The van der Waals surface area contributed by atoms with Crippen LogP contribution >= 0.6 is 11.3 Å². The highest BCUT2D eigenvalue weighted by molar-refractivity contribution is 7.16. The zero-order valence-electron chi connectivity index (χ0n) is 15.4. The van der Waals surface area contributed by atoms with Gasteiger partial charge in [0, 0.05) is 26.2 Å². The Balaban J connectivity index is 1.29. The van der Waals surface area contributed by atoms with Gasteiger partial charge >= 0.3 is 0 Å². The maximum absolute atomic E-state index is 12.9. The highest BCUT2D eigenvalue weighted by Crippen LogP contribution is 2.27. The first kappa shape index (κ1) is 17.1. The first-order valence-corrected chi connectivity index (χ1v) is 10.3. The maximum Gasteiger partial charge on any atom is 0.227 e. The van der Waals surface area contributed by atoms with Crippen LogP contribution in [0.2, 0.25) is 0 Å². The van der Waals surface area contributed by atoms with Crippen molar-refractivity contribution in [3.8, 4) is 0 Å². The van der Waals surface area contributed by atoms with E-state index in [1.807, 2.05) is 28.5 Å². The lowest BCUT2D eigenvalue weighted by molar-refractivity contribution is -0.130. The molecule has 0 saturated carbocycles. The molecule has 2 aromatic heterocycles. The molecule has 1 amide bonds. The molecular weight excluding hydrogens is 368 g/mol. The molecule has 1 aliphatic heterocycles. The first-order chi connectivity index (χ1) is 13.8. The number of rotatable bonds is 3. The smallest absolute Gasteiger partial charge is 0.227 e. The minimum Gasteiger partial charge on any atom is -0.352 e. The van der Waals surface area contributed by atoms with Crippen LogP contribution in [-0.2, 0) is 11.2 Å². The van der Waals surface area contributed by atoms with Crippen molar-refractivity contribution in [1.29, 1.82) is 0 Å². The molecule has 0 bridgehead atoms. The Kier molecular flexibility index (Phi) is 4.41. The summed E-state index contributed by atoms with van der Waals surface area (Å²) in [6.45, 7) is 3.03. The van der Waals surface area contributed by atoms with Gasteiger partial charge in [-0.25, -0.2) is 9.97 Å². The van der Waals surface area contributed by atoms with Gasteiger partial charge in [-0.1, -0.05) is 42.5 Å². The van der Waals surface area contributed by atoms with Crippen LogP contribution in [0.4, 0.5) is 5.82 Å². The third-order valence-corrected chi connectivity index (χ3v) is 6.21. The van der Waals surface area contributed by atoms with Gasteiger partial charge in [-0.3, -0.25) is 4.79 Å². The molecular formula is C22H20N4OS. The van der Waals surface area contributed by atoms with Crippen LogP contribution in [-0.4, -0.2) is 47.0 Å². The van der Waals surface area contributed by atoms with Crippen LogP contribution in [0.25, 0.3) is 21.0 Å². The summed E-state index contributed by atoms with van der Waals surface area (Å²) < 4.78 is 0. The molecule has 0 atom stereocenters. The summed E-state index contributed by atoms with van der Waals surface area (Å²) in [5.41, 5.74) is 1.10. The van der Waals surface area contributed by atoms with Gasteiger partial charge < -0.3 is 9.80 Å². The van der Waals surface area contributed by atoms with Gasteiger partial charge in [-0.15, -0.1) is 11.3 Å². The number of nitrogens with zero attached hydrogens (tertiary/aromatic N) is 4. The van der Waals surface area contributed by atoms with E-state index in [-0.39, 0.29) is 5.91 Å². The second-order valence-electron chi connectivity index (χ2n) is 7.02. The molecule has 1 saturated heterocycles. The van der Waals surface area contributed by atoms with Crippen molar-refractivity contribution in [3.63, 3.8) is 0 Å². The van der Waals surface area contributed by atoms with Crippen molar-refractivity contribution < 1.29 is 4.79 Å². The second-order valence-corrected chi connectivity index (χ2v) is 7.91. The number of hydrogen-bond donors (Lipinski definition) is 0. The number of aromatic nitrogens is 2. The highest BCUT2D eigenvalue weighted by Gasteiger charge is 2.23. The number of carbonyl (C=O) groups excluding carboxylic acids is 1. The number of benzene rings is 2. The Bertz CT molecular complexity index is 1140. The van der Waals surface area contributed by atoms with Crippen LogP contribution in [0, 0.1) is 0 Å². The van der Waals surface area contributed by atoms with E-state index in [9.17, 15) is 4.79 Å². The fraction of sp³-hybridized carbons (Fsp3) is 0.227.